The van der Waals surface area contributed by atoms with Crippen LogP contribution >= 0.6 is 0 Å². The molecule has 0 aliphatic carbocycles. The van der Waals surface area contributed by atoms with Gasteiger partial charge in [-0.3, -0.25) is 9.59 Å². The number of rotatable bonds is 2. The quantitative estimate of drug-likeness (QED) is 0.719. The maximum atomic E-state index is 13.5. The molecule has 0 radical (unpaired) electrons. The SMILES string of the molecule is Nc1cc(F)cc(F)c1NC(=O)c1cc[nH]c(=O)c1. The fourth-order valence-corrected chi connectivity index (χ4v) is 1.50. The minimum absolute atomic E-state index is 0.0341. The second-order valence-corrected chi connectivity index (χ2v) is 3.75. The average Bonchev–Trinajstić information content (AvgIpc) is 2.33. The average molecular weight is 265 g/mol. The standard InChI is InChI=1S/C12H9F2N3O2/c13-7-4-8(14)11(9(15)5-7)17-12(19)6-1-2-16-10(18)3-6/h1-5H,15H2,(H,16,18)(H,17,19). The van der Waals surface area contributed by atoms with Crippen LogP contribution in [0.2, 0.25) is 0 Å². The summed E-state index contributed by atoms with van der Waals surface area (Å²) in [5.41, 5.74) is 4.41. The van der Waals surface area contributed by atoms with Crippen LogP contribution in [0.4, 0.5) is 20.2 Å². The number of benzene rings is 1. The Hall–Kier alpha value is -2.70. The number of nitrogens with two attached hydrogens (primary N) is 1. The van der Waals surface area contributed by atoms with Crippen molar-refractivity contribution in [3.05, 3.63) is 58.0 Å². The first-order chi connectivity index (χ1) is 8.97. The van der Waals surface area contributed by atoms with E-state index in [0.717, 1.165) is 12.1 Å². The van der Waals surface area contributed by atoms with Gasteiger partial charge >= 0.3 is 0 Å². The highest BCUT2D eigenvalue weighted by Crippen LogP contribution is 2.24. The fraction of sp³-hybridized carbons (Fsp3) is 0. The Morgan fingerprint density at radius 1 is 1.26 bits per heavy atom. The number of H-pyrrole nitrogens is 1. The van der Waals surface area contributed by atoms with E-state index in [-0.39, 0.29) is 16.9 Å². The molecule has 0 unspecified atom stereocenters. The summed E-state index contributed by atoms with van der Waals surface area (Å²) in [5.74, 6) is -2.55. The lowest BCUT2D eigenvalue weighted by molar-refractivity contribution is 0.102. The molecule has 0 atom stereocenters. The molecule has 1 amide bonds. The van der Waals surface area contributed by atoms with Crippen LogP contribution in [-0.2, 0) is 0 Å². The van der Waals surface area contributed by atoms with Gasteiger partial charge in [0.05, 0.1) is 5.69 Å². The maximum absolute atomic E-state index is 13.5. The van der Waals surface area contributed by atoms with Gasteiger partial charge in [0, 0.05) is 23.9 Å². The molecule has 98 valence electrons. The zero-order valence-electron chi connectivity index (χ0n) is 9.54. The topological polar surface area (TPSA) is 88.0 Å². The van der Waals surface area contributed by atoms with Gasteiger partial charge in [0.2, 0.25) is 5.56 Å². The van der Waals surface area contributed by atoms with E-state index >= 15 is 0 Å². The van der Waals surface area contributed by atoms with Gasteiger partial charge in [0.15, 0.2) is 5.82 Å². The number of hydrogen-bond acceptors (Lipinski definition) is 3. The molecule has 0 saturated carbocycles. The van der Waals surface area contributed by atoms with E-state index in [0.29, 0.717) is 6.07 Å². The number of nitrogens with one attached hydrogen (secondary N) is 2. The van der Waals surface area contributed by atoms with E-state index in [4.69, 9.17) is 5.73 Å². The van der Waals surface area contributed by atoms with Crippen molar-refractivity contribution in [3.8, 4) is 0 Å². The lowest BCUT2D eigenvalue weighted by atomic mass is 10.2. The van der Waals surface area contributed by atoms with E-state index in [9.17, 15) is 18.4 Å². The number of halogens is 2. The van der Waals surface area contributed by atoms with Crippen LogP contribution in [0, 0.1) is 11.6 Å². The molecule has 7 heteroatoms. The number of nitrogen functional groups attached to an aromatic ring is 1. The summed E-state index contributed by atoms with van der Waals surface area (Å²) in [5, 5.41) is 2.19. The number of carbonyl (C=O) groups is 1. The second kappa shape index (κ2) is 4.89. The van der Waals surface area contributed by atoms with Crippen molar-refractivity contribution >= 4 is 17.3 Å². The minimum atomic E-state index is -0.990. The van der Waals surface area contributed by atoms with Crippen molar-refractivity contribution in [1.82, 2.24) is 4.98 Å². The van der Waals surface area contributed by atoms with E-state index in [1.807, 2.05) is 0 Å². The molecule has 4 N–H and O–H groups in total. The van der Waals surface area contributed by atoms with Crippen molar-refractivity contribution in [2.75, 3.05) is 11.1 Å². The van der Waals surface area contributed by atoms with Crippen molar-refractivity contribution < 1.29 is 13.6 Å². The fourth-order valence-electron chi connectivity index (χ4n) is 1.50. The summed E-state index contributed by atoms with van der Waals surface area (Å²) in [6, 6.07) is 3.88. The van der Waals surface area contributed by atoms with Gasteiger partial charge in [-0.2, -0.15) is 0 Å². The van der Waals surface area contributed by atoms with Gasteiger partial charge in [-0.25, -0.2) is 8.78 Å². The van der Waals surface area contributed by atoms with E-state index < -0.39 is 23.1 Å². The smallest absolute Gasteiger partial charge is 0.256 e. The highest BCUT2D eigenvalue weighted by atomic mass is 19.1. The summed E-state index contributed by atoms with van der Waals surface area (Å²) >= 11 is 0. The van der Waals surface area contributed by atoms with Gasteiger partial charge < -0.3 is 16.0 Å². The molecule has 2 rings (SSSR count). The van der Waals surface area contributed by atoms with Crippen molar-refractivity contribution in [3.63, 3.8) is 0 Å². The zero-order chi connectivity index (χ0) is 14.0. The third kappa shape index (κ3) is 2.76. The molecule has 0 bridgehead atoms. The number of anilines is 2. The van der Waals surface area contributed by atoms with Gasteiger partial charge in [-0.05, 0) is 12.1 Å². The number of hydrogen-bond donors (Lipinski definition) is 3. The molecule has 0 aliphatic rings. The number of pyridine rings is 1. The van der Waals surface area contributed by atoms with Crippen molar-refractivity contribution in [2.24, 2.45) is 0 Å². The molecule has 0 spiro atoms. The normalized spacial score (nSPS) is 10.2. The van der Waals surface area contributed by atoms with Crippen LogP contribution in [0.1, 0.15) is 10.4 Å². The number of amides is 1. The Morgan fingerprint density at radius 3 is 2.63 bits per heavy atom. The Labute approximate surface area is 106 Å². The Kier molecular flexibility index (Phi) is 3.28. The molecule has 1 aromatic heterocycles. The molecular weight excluding hydrogens is 256 g/mol. The summed E-state index contributed by atoms with van der Waals surface area (Å²) in [6.45, 7) is 0. The van der Waals surface area contributed by atoms with E-state index in [2.05, 4.69) is 10.3 Å². The van der Waals surface area contributed by atoms with E-state index in [1.165, 1.54) is 12.3 Å². The highest BCUT2D eigenvalue weighted by Gasteiger charge is 2.13. The molecule has 1 heterocycles. The van der Waals surface area contributed by atoms with Crippen molar-refractivity contribution in [2.45, 2.75) is 0 Å². The zero-order valence-corrected chi connectivity index (χ0v) is 9.54. The molecule has 2 aromatic rings. The predicted octanol–water partition coefficient (Wildman–Crippen LogP) is 1.49. The molecule has 5 nitrogen and oxygen atoms in total. The molecule has 0 aliphatic heterocycles. The van der Waals surface area contributed by atoms with Crippen LogP contribution < -0.4 is 16.6 Å². The molecule has 19 heavy (non-hydrogen) atoms. The summed E-state index contributed by atoms with van der Waals surface area (Å²) in [4.78, 5) is 25.2. The minimum Gasteiger partial charge on any atom is -0.397 e. The monoisotopic (exact) mass is 265 g/mol. The molecular formula is C12H9F2N3O2. The van der Waals surface area contributed by atoms with Gasteiger partial charge in [-0.1, -0.05) is 0 Å². The third-order valence-electron chi connectivity index (χ3n) is 2.36. The van der Waals surface area contributed by atoms with Gasteiger partial charge in [0.25, 0.3) is 5.91 Å². The Balaban J connectivity index is 2.32. The van der Waals surface area contributed by atoms with Crippen LogP contribution in [0.5, 0.6) is 0 Å². The van der Waals surface area contributed by atoms with E-state index in [1.54, 1.807) is 0 Å². The predicted molar refractivity (Wildman–Crippen MR) is 65.8 cm³/mol. The first kappa shape index (κ1) is 12.7. The highest BCUT2D eigenvalue weighted by molar-refractivity contribution is 6.05. The Morgan fingerprint density at radius 2 is 2.00 bits per heavy atom. The van der Waals surface area contributed by atoms with Gasteiger partial charge in [0.1, 0.15) is 11.5 Å². The third-order valence-corrected chi connectivity index (χ3v) is 2.36. The number of carbonyl (C=O) groups excluding carboxylic acids is 1. The molecule has 0 saturated heterocycles. The van der Waals surface area contributed by atoms with Crippen LogP contribution in [0.15, 0.2) is 35.3 Å². The Bertz CT molecular complexity index is 674. The van der Waals surface area contributed by atoms with Crippen LogP contribution in [-0.4, -0.2) is 10.9 Å². The summed E-state index contributed by atoms with van der Waals surface area (Å²) in [6.07, 6.45) is 1.28. The lowest BCUT2D eigenvalue weighted by Crippen LogP contribution is -2.17. The first-order valence-electron chi connectivity index (χ1n) is 5.22. The number of aromatic amines is 1. The second-order valence-electron chi connectivity index (χ2n) is 3.75. The number of aromatic nitrogens is 1. The summed E-state index contributed by atoms with van der Waals surface area (Å²) in [7, 11) is 0. The lowest BCUT2D eigenvalue weighted by Gasteiger charge is -2.09. The first-order valence-corrected chi connectivity index (χ1v) is 5.22. The van der Waals surface area contributed by atoms with Crippen LogP contribution in [0.3, 0.4) is 0 Å². The summed E-state index contributed by atoms with van der Waals surface area (Å²) < 4.78 is 26.3. The largest absolute Gasteiger partial charge is 0.397 e. The molecule has 1 aromatic carbocycles. The molecule has 0 fully saturated rings. The van der Waals surface area contributed by atoms with Crippen LogP contribution in [0.25, 0.3) is 0 Å². The van der Waals surface area contributed by atoms with Gasteiger partial charge in [-0.15, -0.1) is 0 Å². The van der Waals surface area contributed by atoms with Crippen molar-refractivity contribution in [1.29, 1.82) is 0 Å². The maximum Gasteiger partial charge on any atom is 0.256 e.